The SMILES string of the molecule is CCO.CCc1nc(-c2cnc(N(C)C)cc2C)c(CC)nc1N[C@H]1CCc2ccccc21. The van der Waals surface area contributed by atoms with Gasteiger partial charge >= 0.3 is 0 Å². The lowest BCUT2D eigenvalue weighted by Gasteiger charge is -2.20. The lowest BCUT2D eigenvalue weighted by molar-refractivity contribution is 0.318. The van der Waals surface area contributed by atoms with Crippen LogP contribution in [0.4, 0.5) is 11.6 Å². The van der Waals surface area contributed by atoms with Crippen LogP contribution in [0, 0.1) is 6.92 Å². The first kappa shape index (κ1) is 24.6. The van der Waals surface area contributed by atoms with Crippen molar-refractivity contribution in [3.63, 3.8) is 0 Å². The highest BCUT2D eigenvalue weighted by Crippen LogP contribution is 2.35. The van der Waals surface area contributed by atoms with Gasteiger partial charge in [0.05, 0.1) is 23.1 Å². The Bertz CT molecular complexity index is 1080. The van der Waals surface area contributed by atoms with Crippen LogP contribution in [0.2, 0.25) is 0 Å². The standard InChI is InChI=1S/C25H31N5.C2H6O/c1-6-20-24(19-15-26-23(30(4)5)14-16(19)3)27-21(7-2)25(28-20)29-22-13-12-17-10-8-9-11-18(17)22;1-2-3/h8-11,14-15,22H,6-7,12-13H2,1-5H3,(H,28,29);3H,2H2,1H3/t22-;/m0./s1. The van der Waals surface area contributed by atoms with Crippen LogP contribution in [0.1, 0.15) is 61.3 Å². The van der Waals surface area contributed by atoms with Crippen LogP contribution in [-0.4, -0.2) is 40.8 Å². The van der Waals surface area contributed by atoms with E-state index in [1.807, 2.05) is 25.2 Å². The third-order valence-electron chi connectivity index (χ3n) is 5.96. The molecule has 176 valence electrons. The zero-order valence-electron chi connectivity index (χ0n) is 20.8. The average Bonchev–Trinajstić information content (AvgIpc) is 3.22. The quantitative estimate of drug-likeness (QED) is 0.545. The van der Waals surface area contributed by atoms with Gasteiger partial charge in [0.25, 0.3) is 0 Å². The summed E-state index contributed by atoms with van der Waals surface area (Å²) in [6.45, 7) is 8.34. The predicted molar refractivity (Wildman–Crippen MR) is 137 cm³/mol. The number of nitrogens with zero attached hydrogens (tertiary/aromatic N) is 4. The minimum atomic E-state index is 0.250. The van der Waals surface area contributed by atoms with Gasteiger partial charge in [-0.3, -0.25) is 0 Å². The lowest BCUT2D eigenvalue weighted by atomic mass is 10.0. The van der Waals surface area contributed by atoms with Crippen molar-refractivity contribution in [1.82, 2.24) is 15.0 Å². The molecule has 0 fully saturated rings. The van der Waals surface area contributed by atoms with E-state index in [9.17, 15) is 0 Å². The van der Waals surface area contributed by atoms with Gasteiger partial charge < -0.3 is 15.3 Å². The van der Waals surface area contributed by atoms with Gasteiger partial charge in [-0.15, -0.1) is 0 Å². The van der Waals surface area contributed by atoms with E-state index in [-0.39, 0.29) is 6.61 Å². The van der Waals surface area contributed by atoms with E-state index in [1.54, 1.807) is 6.92 Å². The highest BCUT2D eigenvalue weighted by molar-refractivity contribution is 5.68. The number of benzene rings is 1. The summed E-state index contributed by atoms with van der Waals surface area (Å²) in [4.78, 5) is 16.8. The molecule has 3 aromatic rings. The second-order valence-electron chi connectivity index (χ2n) is 8.52. The molecule has 6 nitrogen and oxygen atoms in total. The molecule has 33 heavy (non-hydrogen) atoms. The van der Waals surface area contributed by atoms with Crippen LogP contribution < -0.4 is 10.2 Å². The molecule has 0 spiro atoms. The Labute approximate surface area is 198 Å². The van der Waals surface area contributed by atoms with Gasteiger partial charge in [-0.25, -0.2) is 15.0 Å². The molecule has 0 amide bonds. The Hall–Kier alpha value is -2.99. The first-order valence-corrected chi connectivity index (χ1v) is 11.9. The van der Waals surface area contributed by atoms with E-state index in [2.05, 4.69) is 61.4 Å². The topological polar surface area (TPSA) is 74.2 Å². The molecule has 0 saturated heterocycles. The summed E-state index contributed by atoms with van der Waals surface area (Å²) in [5.41, 5.74) is 8.06. The summed E-state index contributed by atoms with van der Waals surface area (Å²) in [7, 11) is 4.02. The van der Waals surface area contributed by atoms with Gasteiger partial charge in [-0.05, 0) is 62.3 Å². The maximum atomic E-state index is 7.57. The largest absolute Gasteiger partial charge is 0.397 e. The van der Waals surface area contributed by atoms with Crippen molar-refractivity contribution in [3.05, 3.63) is 64.6 Å². The highest BCUT2D eigenvalue weighted by atomic mass is 16.2. The summed E-state index contributed by atoms with van der Waals surface area (Å²) >= 11 is 0. The van der Waals surface area contributed by atoms with Crippen molar-refractivity contribution in [3.8, 4) is 11.3 Å². The normalized spacial score (nSPS) is 14.3. The molecule has 1 aliphatic carbocycles. The number of rotatable bonds is 6. The maximum Gasteiger partial charge on any atom is 0.148 e. The molecule has 6 heteroatoms. The summed E-state index contributed by atoms with van der Waals surface area (Å²) in [5.74, 6) is 1.88. The zero-order chi connectivity index (χ0) is 24.0. The van der Waals surface area contributed by atoms with Gasteiger partial charge in [-0.1, -0.05) is 38.1 Å². The second-order valence-corrected chi connectivity index (χ2v) is 8.52. The van der Waals surface area contributed by atoms with Crippen LogP contribution >= 0.6 is 0 Å². The molecule has 1 aliphatic rings. The molecule has 4 rings (SSSR count). The van der Waals surface area contributed by atoms with E-state index in [1.165, 1.54) is 16.7 Å². The zero-order valence-corrected chi connectivity index (χ0v) is 20.8. The first-order chi connectivity index (χ1) is 15.9. The van der Waals surface area contributed by atoms with Gasteiger partial charge in [0.15, 0.2) is 0 Å². The Balaban J connectivity index is 0.000000968. The smallest absolute Gasteiger partial charge is 0.148 e. The van der Waals surface area contributed by atoms with Gasteiger partial charge in [0.2, 0.25) is 0 Å². The Kier molecular flexibility index (Phi) is 8.39. The lowest BCUT2D eigenvalue weighted by Crippen LogP contribution is -2.14. The van der Waals surface area contributed by atoms with Crippen molar-refractivity contribution in [1.29, 1.82) is 0 Å². The Morgan fingerprint density at radius 2 is 1.76 bits per heavy atom. The van der Waals surface area contributed by atoms with E-state index >= 15 is 0 Å². The fraction of sp³-hybridized carbons (Fsp3) is 0.444. The summed E-state index contributed by atoms with van der Waals surface area (Å²) < 4.78 is 0. The number of nitrogens with one attached hydrogen (secondary N) is 1. The summed E-state index contributed by atoms with van der Waals surface area (Å²) in [5, 5.41) is 11.3. The molecule has 1 aromatic carbocycles. The molecule has 2 N–H and O–H groups in total. The second kappa shape index (κ2) is 11.2. The molecule has 0 bridgehead atoms. The molecule has 0 aliphatic heterocycles. The fourth-order valence-electron chi connectivity index (χ4n) is 4.23. The van der Waals surface area contributed by atoms with Crippen molar-refractivity contribution in [2.75, 3.05) is 30.9 Å². The van der Waals surface area contributed by atoms with Crippen LogP contribution in [0.5, 0.6) is 0 Å². The number of aliphatic hydroxyl groups excluding tert-OH is 1. The number of aromatic nitrogens is 3. The van der Waals surface area contributed by atoms with E-state index in [4.69, 9.17) is 15.1 Å². The fourth-order valence-corrected chi connectivity index (χ4v) is 4.23. The van der Waals surface area contributed by atoms with Crippen LogP contribution in [-0.2, 0) is 19.3 Å². The van der Waals surface area contributed by atoms with Crippen molar-refractivity contribution >= 4 is 11.6 Å². The van der Waals surface area contributed by atoms with E-state index in [0.29, 0.717) is 6.04 Å². The van der Waals surface area contributed by atoms with Crippen molar-refractivity contribution < 1.29 is 5.11 Å². The molecule has 1 atom stereocenters. The third kappa shape index (κ3) is 5.50. The number of aliphatic hydroxyl groups is 1. The number of aryl methyl sites for hydroxylation is 4. The van der Waals surface area contributed by atoms with Crippen molar-refractivity contribution in [2.24, 2.45) is 0 Å². The summed E-state index contributed by atoms with van der Waals surface area (Å²) in [6.07, 6.45) is 5.82. The van der Waals surface area contributed by atoms with Crippen LogP contribution in [0.3, 0.4) is 0 Å². The number of anilines is 2. The van der Waals surface area contributed by atoms with E-state index in [0.717, 1.165) is 60.0 Å². The van der Waals surface area contributed by atoms with Gasteiger partial charge in [0, 0.05) is 32.5 Å². The highest BCUT2D eigenvalue weighted by Gasteiger charge is 2.24. The van der Waals surface area contributed by atoms with Gasteiger partial charge in [0.1, 0.15) is 11.6 Å². The monoisotopic (exact) mass is 447 g/mol. The predicted octanol–water partition coefficient (Wildman–Crippen LogP) is 5.14. The van der Waals surface area contributed by atoms with Crippen molar-refractivity contribution in [2.45, 2.75) is 59.4 Å². The number of fused-ring (bicyclic) bond motifs is 1. The third-order valence-corrected chi connectivity index (χ3v) is 5.96. The van der Waals surface area contributed by atoms with Gasteiger partial charge in [-0.2, -0.15) is 0 Å². The summed E-state index contributed by atoms with van der Waals surface area (Å²) in [6, 6.07) is 11.1. The molecule has 2 heterocycles. The van der Waals surface area contributed by atoms with Crippen LogP contribution in [0.25, 0.3) is 11.3 Å². The minimum Gasteiger partial charge on any atom is -0.397 e. The Morgan fingerprint density at radius 3 is 2.39 bits per heavy atom. The maximum absolute atomic E-state index is 7.57. The molecular formula is C27H37N5O. The Morgan fingerprint density at radius 1 is 1.06 bits per heavy atom. The average molecular weight is 448 g/mol. The first-order valence-electron chi connectivity index (χ1n) is 11.9. The molecule has 0 saturated carbocycles. The molecule has 0 radical (unpaired) electrons. The van der Waals surface area contributed by atoms with E-state index < -0.39 is 0 Å². The molecular weight excluding hydrogens is 410 g/mol. The van der Waals surface area contributed by atoms with Crippen LogP contribution in [0.15, 0.2) is 36.5 Å². The molecule has 2 aromatic heterocycles. The minimum absolute atomic E-state index is 0.250. The number of pyridine rings is 1. The number of hydrogen-bond donors (Lipinski definition) is 2. The molecule has 0 unspecified atom stereocenters. The number of hydrogen-bond acceptors (Lipinski definition) is 6.